The molecule has 0 atom stereocenters. The molecule has 0 saturated heterocycles. The molecule has 0 aliphatic heterocycles. The molecular weight excluding hydrogens is 325 g/mol. The monoisotopic (exact) mass is 334 g/mol. The summed E-state index contributed by atoms with van der Waals surface area (Å²) in [6.45, 7) is 0. The lowest BCUT2D eigenvalue weighted by Crippen LogP contribution is -2.50. The minimum absolute atomic E-state index is 0.215. The first-order chi connectivity index (χ1) is 10.6. The Morgan fingerprint density at radius 1 is 0.696 bits per heavy atom. The first kappa shape index (κ1) is 15.8. The Hall–Kier alpha value is -2.05. The maximum Gasteiger partial charge on any atom is 0.460 e. The van der Waals surface area contributed by atoms with Crippen LogP contribution in [-0.2, 0) is 12.3 Å². The first-order valence-corrected chi connectivity index (χ1v) is 6.60. The van der Waals surface area contributed by atoms with Crippen LogP contribution < -0.4 is 0 Å². The van der Waals surface area contributed by atoms with Crippen LogP contribution in [0, 0.1) is 0 Å². The van der Waals surface area contributed by atoms with Crippen molar-refractivity contribution >= 4 is 0 Å². The van der Waals surface area contributed by atoms with Gasteiger partial charge in [-0.15, -0.1) is 0 Å². The lowest BCUT2D eigenvalue weighted by Gasteiger charge is -2.28. The van der Waals surface area contributed by atoms with Gasteiger partial charge in [-0.05, 0) is 34.7 Å². The third kappa shape index (κ3) is 2.21. The van der Waals surface area contributed by atoms with Crippen molar-refractivity contribution in [2.24, 2.45) is 0 Å². The van der Waals surface area contributed by atoms with Crippen LogP contribution in [0.15, 0.2) is 42.5 Å². The van der Waals surface area contributed by atoms with E-state index in [9.17, 15) is 30.7 Å². The number of hydrogen-bond donors (Lipinski definition) is 0. The normalized spacial score (nSPS) is 14.6. The molecule has 0 unspecified atom stereocenters. The molecule has 0 fully saturated rings. The number of fused-ring (bicyclic) bond motifs is 3. The lowest BCUT2D eigenvalue weighted by atomic mass is 9.97. The van der Waals surface area contributed by atoms with Crippen LogP contribution in [0.3, 0.4) is 0 Å². The topological polar surface area (TPSA) is 0 Å². The zero-order valence-corrected chi connectivity index (χ0v) is 11.4. The van der Waals surface area contributed by atoms with E-state index in [0.29, 0.717) is 17.2 Å². The molecule has 0 nitrogen and oxygen atoms in total. The summed E-state index contributed by atoms with van der Waals surface area (Å²) in [5.74, 6) is -11.5. The lowest BCUT2D eigenvalue weighted by molar-refractivity contribution is -0.359. The van der Waals surface area contributed by atoms with Gasteiger partial charge in [-0.1, -0.05) is 36.4 Å². The van der Waals surface area contributed by atoms with E-state index < -0.39 is 23.6 Å². The van der Waals surface area contributed by atoms with Crippen molar-refractivity contribution in [3.63, 3.8) is 0 Å². The van der Waals surface area contributed by atoms with Crippen LogP contribution >= 0.6 is 0 Å². The molecule has 0 saturated carbocycles. The van der Waals surface area contributed by atoms with Crippen molar-refractivity contribution in [3.05, 3.63) is 59.2 Å². The molecule has 1 aliphatic carbocycles. The average molecular weight is 334 g/mol. The highest BCUT2D eigenvalue weighted by Crippen LogP contribution is 2.52. The minimum atomic E-state index is -6.33. The first-order valence-electron chi connectivity index (χ1n) is 6.60. The van der Waals surface area contributed by atoms with Gasteiger partial charge in [0.05, 0.1) is 0 Å². The molecule has 3 rings (SSSR count). The molecule has 0 N–H and O–H groups in total. The summed E-state index contributed by atoms with van der Waals surface area (Å²) in [5, 5.41) is 0. The predicted octanol–water partition coefficient (Wildman–Crippen LogP) is 5.55. The summed E-state index contributed by atoms with van der Waals surface area (Å²) in [6, 6.07) is 9.47. The largest absolute Gasteiger partial charge is 0.460 e. The van der Waals surface area contributed by atoms with E-state index in [0.717, 1.165) is 23.3 Å². The quantitative estimate of drug-likeness (QED) is 0.539. The van der Waals surface area contributed by atoms with Crippen molar-refractivity contribution in [3.8, 4) is 11.1 Å². The number of benzene rings is 2. The second-order valence-electron chi connectivity index (χ2n) is 5.35. The molecule has 23 heavy (non-hydrogen) atoms. The van der Waals surface area contributed by atoms with Crippen LogP contribution in [0.25, 0.3) is 11.1 Å². The maximum absolute atomic E-state index is 13.8. The number of alkyl halides is 7. The standard InChI is InChI=1S/C16H9F7/c17-14(18,15(19,20)16(21,22)23)11-5-6-13-10(8-11)7-9-3-1-2-4-12(9)13/h1-6,8H,7H2. The molecule has 2 aromatic rings. The fraction of sp³-hybridized carbons (Fsp3) is 0.250. The second-order valence-corrected chi connectivity index (χ2v) is 5.35. The van der Waals surface area contributed by atoms with E-state index in [1.807, 2.05) is 0 Å². The van der Waals surface area contributed by atoms with E-state index in [1.54, 1.807) is 24.3 Å². The second kappa shape index (κ2) is 4.72. The van der Waals surface area contributed by atoms with E-state index in [-0.39, 0.29) is 6.42 Å². The summed E-state index contributed by atoms with van der Waals surface area (Å²) in [6.07, 6.45) is -6.12. The summed E-state index contributed by atoms with van der Waals surface area (Å²) in [4.78, 5) is 0. The molecule has 0 aromatic heterocycles. The van der Waals surface area contributed by atoms with Crippen LogP contribution in [0.5, 0.6) is 0 Å². The van der Waals surface area contributed by atoms with Gasteiger partial charge >= 0.3 is 18.0 Å². The molecule has 1 aliphatic rings. The number of halogens is 7. The van der Waals surface area contributed by atoms with Crippen LogP contribution in [0.4, 0.5) is 30.7 Å². The third-order valence-corrected chi connectivity index (χ3v) is 3.91. The van der Waals surface area contributed by atoms with Crippen molar-refractivity contribution in [2.45, 2.75) is 24.4 Å². The molecule has 0 heterocycles. The highest BCUT2D eigenvalue weighted by atomic mass is 19.4. The van der Waals surface area contributed by atoms with E-state index in [4.69, 9.17) is 0 Å². The van der Waals surface area contributed by atoms with Crippen molar-refractivity contribution < 1.29 is 30.7 Å². The summed E-state index contributed by atoms with van der Waals surface area (Å²) in [7, 11) is 0. The van der Waals surface area contributed by atoms with E-state index in [2.05, 4.69) is 0 Å². The van der Waals surface area contributed by atoms with Gasteiger partial charge in [-0.3, -0.25) is 0 Å². The Morgan fingerprint density at radius 2 is 1.30 bits per heavy atom. The highest BCUT2D eigenvalue weighted by molar-refractivity contribution is 5.77. The molecule has 7 heteroatoms. The molecule has 2 aromatic carbocycles. The van der Waals surface area contributed by atoms with Gasteiger partial charge in [-0.25, -0.2) is 0 Å². The highest BCUT2D eigenvalue weighted by Gasteiger charge is 2.73. The Labute approximate surface area is 126 Å². The molecule has 122 valence electrons. The number of rotatable bonds is 2. The van der Waals surface area contributed by atoms with Gasteiger partial charge in [0.15, 0.2) is 0 Å². The Morgan fingerprint density at radius 3 is 1.96 bits per heavy atom. The SMILES string of the molecule is FC(F)(F)C(F)(F)C(F)(F)c1ccc2c(c1)Cc1ccccc1-2. The maximum atomic E-state index is 13.8. The van der Waals surface area contributed by atoms with Gasteiger partial charge < -0.3 is 0 Å². The third-order valence-electron chi connectivity index (χ3n) is 3.91. The summed E-state index contributed by atoms with van der Waals surface area (Å²) < 4.78 is 90.6. The van der Waals surface area contributed by atoms with Gasteiger partial charge in [0.25, 0.3) is 0 Å². The average Bonchev–Trinajstić information content (AvgIpc) is 2.83. The fourth-order valence-electron chi connectivity index (χ4n) is 2.70. The summed E-state index contributed by atoms with van der Waals surface area (Å²) >= 11 is 0. The van der Waals surface area contributed by atoms with Crippen molar-refractivity contribution in [1.29, 1.82) is 0 Å². The Balaban J connectivity index is 2.06. The van der Waals surface area contributed by atoms with Crippen molar-refractivity contribution in [2.75, 3.05) is 0 Å². The Kier molecular flexibility index (Phi) is 3.25. The predicted molar refractivity (Wildman–Crippen MR) is 69.6 cm³/mol. The van der Waals surface area contributed by atoms with Crippen molar-refractivity contribution in [1.82, 2.24) is 0 Å². The number of hydrogen-bond acceptors (Lipinski definition) is 0. The molecule has 0 bridgehead atoms. The van der Waals surface area contributed by atoms with Gasteiger partial charge in [-0.2, -0.15) is 30.7 Å². The molecular formula is C16H9F7. The van der Waals surface area contributed by atoms with Gasteiger partial charge in [0.2, 0.25) is 0 Å². The summed E-state index contributed by atoms with van der Waals surface area (Å²) in [5.41, 5.74) is 1.11. The van der Waals surface area contributed by atoms with Crippen LogP contribution in [0.1, 0.15) is 16.7 Å². The zero-order valence-electron chi connectivity index (χ0n) is 11.4. The molecule has 0 radical (unpaired) electrons. The van der Waals surface area contributed by atoms with Gasteiger partial charge in [0, 0.05) is 5.56 Å². The smallest absolute Gasteiger partial charge is 0.194 e. The van der Waals surface area contributed by atoms with Crippen LogP contribution in [0.2, 0.25) is 0 Å². The van der Waals surface area contributed by atoms with Gasteiger partial charge in [0.1, 0.15) is 0 Å². The Bertz CT molecular complexity index is 759. The van der Waals surface area contributed by atoms with E-state index in [1.165, 1.54) is 0 Å². The van der Waals surface area contributed by atoms with E-state index >= 15 is 0 Å². The fourth-order valence-corrected chi connectivity index (χ4v) is 2.70. The zero-order chi connectivity index (χ0) is 17.0. The minimum Gasteiger partial charge on any atom is -0.194 e. The van der Waals surface area contributed by atoms with Crippen LogP contribution in [-0.4, -0.2) is 12.1 Å². The molecule has 0 spiro atoms. The molecule has 0 amide bonds.